The van der Waals surface area contributed by atoms with Crippen molar-refractivity contribution in [2.45, 2.75) is 37.9 Å². The first-order valence-corrected chi connectivity index (χ1v) is 7.82. The third-order valence-electron chi connectivity index (χ3n) is 3.64. The number of hydrogen-bond donors (Lipinski definition) is 2. The van der Waals surface area contributed by atoms with Gasteiger partial charge in [-0.25, -0.2) is 0 Å². The zero-order valence-corrected chi connectivity index (χ0v) is 13.4. The summed E-state index contributed by atoms with van der Waals surface area (Å²) < 4.78 is 1.09. The molecule has 0 bridgehead atoms. The van der Waals surface area contributed by atoms with E-state index in [0.717, 1.165) is 23.9 Å². The molecule has 0 aromatic heterocycles. The van der Waals surface area contributed by atoms with E-state index in [1.54, 1.807) is 0 Å². The van der Waals surface area contributed by atoms with Crippen LogP contribution in [-0.2, 0) is 11.3 Å². The van der Waals surface area contributed by atoms with Gasteiger partial charge in [0.15, 0.2) is 0 Å². The molecule has 1 aromatic carbocycles. The standard InChI is InChI=1S/C15H22BrN3O/c1-19(10-11-4-2-3-5-14(11)16)13(9-17)8-15(20)18-12-6-7-12/h2-5,12-13H,6-10,17H2,1H3,(H,18,20). The molecule has 1 aromatic rings. The van der Waals surface area contributed by atoms with Gasteiger partial charge >= 0.3 is 0 Å². The van der Waals surface area contributed by atoms with Gasteiger partial charge in [0.1, 0.15) is 0 Å². The molecule has 0 spiro atoms. The molecule has 3 N–H and O–H groups in total. The zero-order valence-electron chi connectivity index (χ0n) is 11.8. The van der Waals surface area contributed by atoms with Crippen molar-refractivity contribution in [3.05, 3.63) is 34.3 Å². The van der Waals surface area contributed by atoms with Crippen molar-refractivity contribution < 1.29 is 4.79 Å². The van der Waals surface area contributed by atoms with Crippen LogP contribution in [0.15, 0.2) is 28.7 Å². The highest BCUT2D eigenvalue weighted by Gasteiger charge is 2.25. The average molecular weight is 340 g/mol. The predicted molar refractivity (Wildman–Crippen MR) is 84.2 cm³/mol. The van der Waals surface area contributed by atoms with Crippen LogP contribution >= 0.6 is 15.9 Å². The largest absolute Gasteiger partial charge is 0.353 e. The molecule has 1 aliphatic rings. The minimum atomic E-state index is 0.0702. The molecular formula is C15H22BrN3O. The molecule has 20 heavy (non-hydrogen) atoms. The van der Waals surface area contributed by atoms with E-state index < -0.39 is 0 Å². The highest BCUT2D eigenvalue weighted by atomic mass is 79.9. The second kappa shape index (κ2) is 7.20. The van der Waals surface area contributed by atoms with Gasteiger partial charge in [0, 0.05) is 36.1 Å². The Morgan fingerprint density at radius 2 is 2.20 bits per heavy atom. The number of carbonyl (C=O) groups is 1. The molecule has 1 fully saturated rings. The van der Waals surface area contributed by atoms with Gasteiger partial charge in [-0.1, -0.05) is 34.1 Å². The number of carbonyl (C=O) groups excluding carboxylic acids is 1. The predicted octanol–water partition coefficient (Wildman–Crippen LogP) is 1.88. The molecule has 0 aliphatic heterocycles. The Bertz CT molecular complexity index is 462. The van der Waals surface area contributed by atoms with Crippen LogP contribution in [0.3, 0.4) is 0 Å². The number of likely N-dealkylation sites (N-methyl/N-ethyl adjacent to an activating group) is 1. The van der Waals surface area contributed by atoms with E-state index in [-0.39, 0.29) is 11.9 Å². The lowest BCUT2D eigenvalue weighted by molar-refractivity contribution is -0.122. The maximum Gasteiger partial charge on any atom is 0.221 e. The summed E-state index contributed by atoms with van der Waals surface area (Å²) in [5.74, 6) is 0.113. The molecule has 0 radical (unpaired) electrons. The molecule has 110 valence electrons. The van der Waals surface area contributed by atoms with Crippen molar-refractivity contribution in [2.24, 2.45) is 5.73 Å². The van der Waals surface area contributed by atoms with Gasteiger partial charge in [-0.2, -0.15) is 0 Å². The first kappa shape index (κ1) is 15.5. The smallest absolute Gasteiger partial charge is 0.221 e. The molecule has 1 unspecified atom stereocenters. The van der Waals surface area contributed by atoms with E-state index in [1.165, 1.54) is 5.56 Å². The van der Waals surface area contributed by atoms with E-state index >= 15 is 0 Å². The van der Waals surface area contributed by atoms with Crippen LogP contribution in [0.2, 0.25) is 0 Å². The third-order valence-corrected chi connectivity index (χ3v) is 4.41. The fourth-order valence-corrected chi connectivity index (χ4v) is 2.58. The van der Waals surface area contributed by atoms with Crippen molar-refractivity contribution >= 4 is 21.8 Å². The van der Waals surface area contributed by atoms with Gasteiger partial charge in [0.25, 0.3) is 0 Å². The molecule has 0 heterocycles. The average Bonchev–Trinajstić information content (AvgIpc) is 3.22. The minimum Gasteiger partial charge on any atom is -0.353 e. The lowest BCUT2D eigenvalue weighted by Gasteiger charge is -2.27. The normalized spacial score (nSPS) is 16.2. The summed E-state index contributed by atoms with van der Waals surface area (Å²) in [5.41, 5.74) is 7.03. The molecule has 2 rings (SSSR count). The fourth-order valence-electron chi connectivity index (χ4n) is 2.17. The van der Waals surface area contributed by atoms with E-state index in [9.17, 15) is 4.79 Å². The Hall–Kier alpha value is -0.910. The quantitative estimate of drug-likeness (QED) is 0.797. The lowest BCUT2D eigenvalue weighted by atomic mass is 10.1. The van der Waals surface area contributed by atoms with Gasteiger partial charge in [0.05, 0.1) is 0 Å². The number of amides is 1. The number of nitrogens with two attached hydrogens (primary N) is 1. The van der Waals surface area contributed by atoms with Crippen LogP contribution in [0.25, 0.3) is 0 Å². The second-order valence-corrected chi connectivity index (χ2v) is 6.30. The van der Waals surface area contributed by atoms with E-state index in [0.29, 0.717) is 19.0 Å². The molecule has 1 amide bonds. The molecular weight excluding hydrogens is 318 g/mol. The van der Waals surface area contributed by atoms with Gasteiger partial charge in [-0.3, -0.25) is 9.69 Å². The Morgan fingerprint density at radius 1 is 1.50 bits per heavy atom. The van der Waals surface area contributed by atoms with Gasteiger partial charge < -0.3 is 11.1 Å². The molecule has 5 heteroatoms. The lowest BCUT2D eigenvalue weighted by Crippen LogP contribution is -2.42. The van der Waals surface area contributed by atoms with Crippen molar-refractivity contribution in [3.63, 3.8) is 0 Å². The van der Waals surface area contributed by atoms with Crippen molar-refractivity contribution in [1.29, 1.82) is 0 Å². The molecule has 4 nitrogen and oxygen atoms in total. The van der Waals surface area contributed by atoms with Crippen LogP contribution in [0, 0.1) is 0 Å². The van der Waals surface area contributed by atoms with Crippen molar-refractivity contribution in [2.75, 3.05) is 13.6 Å². The zero-order chi connectivity index (χ0) is 14.5. The third kappa shape index (κ3) is 4.58. The van der Waals surface area contributed by atoms with E-state index in [4.69, 9.17) is 5.73 Å². The number of halogens is 1. The SMILES string of the molecule is CN(Cc1ccccc1Br)C(CN)CC(=O)NC1CC1. The maximum atomic E-state index is 11.9. The van der Waals surface area contributed by atoms with Gasteiger partial charge in [0.2, 0.25) is 5.91 Å². The first-order chi connectivity index (χ1) is 9.60. The fraction of sp³-hybridized carbons (Fsp3) is 0.533. The van der Waals surface area contributed by atoms with E-state index in [1.807, 2.05) is 25.2 Å². The van der Waals surface area contributed by atoms with Crippen LogP contribution in [0.1, 0.15) is 24.8 Å². The number of rotatable bonds is 7. The summed E-state index contributed by atoms with van der Waals surface area (Å²) in [5, 5.41) is 3.02. The topological polar surface area (TPSA) is 58.4 Å². The second-order valence-electron chi connectivity index (χ2n) is 5.44. The molecule has 1 atom stereocenters. The summed E-state index contributed by atoms with van der Waals surface area (Å²) in [6.45, 7) is 1.26. The summed E-state index contributed by atoms with van der Waals surface area (Å²) in [6, 6.07) is 8.61. The molecule has 0 saturated heterocycles. The summed E-state index contributed by atoms with van der Waals surface area (Å²) in [4.78, 5) is 14.0. The Morgan fingerprint density at radius 3 is 2.80 bits per heavy atom. The maximum absolute atomic E-state index is 11.9. The van der Waals surface area contributed by atoms with Crippen LogP contribution in [-0.4, -0.2) is 36.5 Å². The highest BCUT2D eigenvalue weighted by molar-refractivity contribution is 9.10. The van der Waals surface area contributed by atoms with E-state index in [2.05, 4.69) is 32.2 Å². The Labute approximate surface area is 128 Å². The monoisotopic (exact) mass is 339 g/mol. The minimum absolute atomic E-state index is 0.0702. The number of nitrogens with zero attached hydrogens (tertiary/aromatic N) is 1. The van der Waals surface area contributed by atoms with Crippen molar-refractivity contribution in [3.8, 4) is 0 Å². The van der Waals surface area contributed by atoms with Gasteiger partial charge in [-0.05, 0) is 31.5 Å². The first-order valence-electron chi connectivity index (χ1n) is 7.03. The summed E-state index contributed by atoms with van der Waals surface area (Å²) in [6.07, 6.45) is 2.70. The van der Waals surface area contributed by atoms with Crippen LogP contribution in [0.5, 0.6) is 0 Å². The Balaban J connectivity index is 1.89. The Kier molecular flexibility index (Phi) is 5.57. The van der Waals surface area contributed by atoms with Crippen LogP contribution in [0.4, 0.5) is 0 Å². The summed E-state index contributed by atoms with van der Waals surface area (Å²) in [7, 11) is 2.02. The van der Waals surface area contributed by atoms with Gasteiger partial charge in [-0.15, -0.1) is 0 Å². The highest BCUT2D eigenvalue weighted by Crippen LogP contribution is 2.20. The molecule has 1 saturated carbocycles. The molecule has 1 aliphatic carbocycles. The number of benzene rings is 1. The van der Waals surface area contributed by atoms with Crippen LogP contribution < -0.4 is 11.1 Å². The summed E-state index contributed by atoms with van der Waals surface area (Å²) >= 11 is 3.55. The number of nitrogens with one attached hydrogen (secondary N) is 1. The number of hydrogen-bond acceptors (Lipinski definition) is 3. The van der Waals surface area contributed by atoms with Crippen molar-refractivity contribution in [1.82, 2.24) is 10.2 Å².